The van der Waals surface area contributed by atoms with Gasteiger partial charge in [-0.15, -0.1) is 0 Å². The van der Waals surface area contributed by atoms with E-state index in [9.17, 15) is 13.6 Å². The summed E-state index contributed by atoms with van der Waals surface area (Å²) in [5.41, 5.74) is 0.264. The summed E-state index contributed by atoms with van der Waals surface area (Å²) in [7, 11) is 0. The summed E-state index contributed by atoms with van der Waals surface area (Å²) in [4.78, 5) is 15.2. The minimum Gasteiger partial charge on any atom is -0.489 e. The van der Waals surface area contributed by atoms with Crippen molar-refractivity contribution in [1.29, 1.82) is 0 Å². The van der Waals surface area contributed by atoms with E-state index >= 15 is 0 Å². The highest BCUT2D eigenvalue weighted by Crippen LogP contribution is 2.36. The number of aromatic carboxylic acids is 1. The van der Waals surface area contributed by atoms with Crippen molar-refractivity contribution in [3.05, 3.63) is 29.7 Å². The zero-order chi connectivity index (χ0) is 18.0. The van der Waals surface area contributed by atoms with E-state index in [1.807, 2.05) is 0 Å². The lowest BCUT2D eigenvalue weighted by atomic mass is 10.2. The van der Waals surface area contributed by atoms with Crippen molar-refractivity contribution in [3.8, 4) is 23.0 Å². The largest absolute Gasteiger partial charge is 0.489 e. The lowest BCUT2D eigenvalue weighted by Gasteiger charge is -2.12. The fraction of sp³-hybridized carbons (Fsp3) is 0.412. The summed E-state index contributed by atoms with van der Waals surface area (Å²) in [5.74, 6) is -0.354. The standard InChI is InChI=1S/C17H17F2NO5/c1-2-11-14(16(21)22)20-15(24-11)10-5-6-12(25-17(18)19)13(7-10)23-8-9-3-4-9/h5-7,9,17H,2-4,8H2,1H3,(H,21,22). The van der Waals surface area contributed by atoms with Crippen LogP contribution in [0, 0.1) is 5.92 Å². The van der Waals surface area contributed by atoms with Gasteiger partial charge in [-0.05, 0) is 37.0 Å². The molecule has 1 aliphatic rings. The molecule has 1 aromatic carbocycles. The highest BCUT2D eigenvalue weighted by Gasteiger charge is 2.24. The summed E-state index contributed by atoms with van der Waals surface area (Å²) in [6, 6.07) is 4.27. The number of oxazole rings is 1. The van der Waals surface area contributed by atoms with Crippen LogP contribution in [-0.2, 0) is 6.42 Å². The third kappa shape index (κ3) is 4.07. The third-order valence-electron chi connectivity index (χ3n) is 3.80. The molecule has 1 N–H and O–H groups in total. The number of aromatic nitrogens is 1. The van der Waals surface area contributed by atoms with Gasteiger partial charge in [-0.3, -0.25) is 0 Å². The van der Waals surface area contributed by atoms with Crippen LogP contribution >= 0.6 is 0 Å². The van der Waals surface area contributed by atoms with Crippen LogP contribution in [0.25, 0.3) is 11.5 Å². The second-order valence-corrected chi connectivity index (χ2v) is 5.74. The maximum absolute atomic E-state index is 12.6. The Hall–Kier alpha value is -2.64. The van der Waals surface area contributed by atoms with Gasteiger partial charge in [0.2, 0.25) is 5.89 Å². The van der Waals surface area contributed by atoms with Crippen molar-refractivity contribution in [1.82, 2.24) is 4.98 Å². The molecule has 3 rings (SSSR count). The van der Waals surface area contributed by atoms with Gasteiger partial charge in [0.1, 0.15) is 5.76 Å². The van der Waals surface area contributed by atoms with E-state index in [2.05, 4.69) is 9.72 Å². The highest BCUT2D eigenvalue weighted by molar-refractivity contribution is 5.87. The van der Waals surface area contributed by atoms with Gasteiger partial charge in [0.25, 0.3) is 0 Å². The number of rotatable bonds is 8. The van der Waals surface area contributed by atoms with Crippen molar-refractivity contribution in [2.24, 2.45) is 5.92 Å². The molecule has 8 heteroatoms. The summed E-state index contributed by atoms with van der Waals surface area (Å²) in [5, 5.41) is 9.16. The minimum absolute atomic E-state index is 0.0832. The molecule has 0 atom stereocenters. The number of carboxylic acids is 1. The average Bonchev–Trinajstić information content (AvgIpc) is 3.29. The maximum Gasteiger partial charge on any atom is 0.387 e. The number of nitrogens with zero attached hydrogens (tertiary/aromatic N) is 1. The Balaban J connectivity index is 1.92. The SMILES string of the molecule is CCc1oc(-c2ccc(OC(F)F)c(OCC3CC3)c2)nc1C(=O)O. The molecule has 1 saturated carbocycles. The summed E-state index contributed by atoms with van der Waals surface area (Å²) in [6.45, 7) is -0.809. The molecule has 1 heterocycles. The molecule has 0 amide bonds. The van der Waals surface area contributed by atoms with Crippen LogP contribution in [0.15, 0.2) is 22.6 Å². The predicted molar refractivity (Wildman–Crippen MR) is 83.1 cm³/mol. The van der Waals surface area contributed by atoms with Gasteiger partial charge in [0.05, 0.1) is 6.61 Å². The van der Waals surface area contributed by atoms with Gasteiger partial charge in [-0.25, -0.2) is 9.78 Å². The summed E-state index contributed by atoms with van der Waals surface area (Å²) < 4.78 is 40.7. The fourth-order valence-electron chi connectivity index (χ4n) is 2.32. The van der Waals surface area contributed by atoms with Crippen molar-refractivity contribution in [3.63, 3.8) is 0 Å². The summed E-state index contributed by atoms with van der Waals surface area (Å²) in [6.07, 6.45) is 2.46. The molecule has 0 radical (unpaired) electrons. The Bertz CT molecular complexity index is 770. The van der Waals surface area contributed by atoms with Gasteiger partial charge in [-0.1, -0.05) is 6.92 Å². The van der Waals surface area contributed by atoms with Gasteiger partial charge in [-0.2, -0.15) is 8.78 Å². The van der Waals surface area contributed by atoms with E-state index < -0.39 is 12.6 Å². The first-order chi connectivity index (χ1) is 12.0. The molecule has 25 heavy (non-hydrogen) atoms. The van der Waals surface area contributed by atoms with E-state index in [0.29, 0.717) is 24.5 Å². The fourth-order valence-corrected chi connectivity index (χ4v) is 2.32. The van der Waals surface area contributed by atoms with Crippen molar-refractivity contribution < 1.29 is 32.6 Å². The Labute approximate surface area is 142 Å². The quantitative estimate of drug-likeness (QED) is 0.773. The van der Waals surface area contributed by atoms with Crippen LogP contribution in [-0.4, -0.2) is 29.3 Å². The van der Waals surface area contributed by atoms with E-state index in [0.717, 1.165) is 12.8 Å². The van der Waals surface area contributed by atoms with Crippen LogP contribution in [0.4, 0.5) is 8.78 Å². The van der Waals surface area contributed by atoms with Crippen molar-refractivity contribution in [2.45, 2.75) is 32.8 Å². The Morgan fingerprint density at radius 2 is 2.16 bits per heavy atom. The topological polar surface area (TPSA) is 81.8 Å². The Morgan fingerprint density at radius 3 is 2.72 bits per heavy atom. The first-order valence-corrected chi connectivity index (χ1v) is 7.93. The molecule has 6 nitrogen and oxygen atoms in total. The molecule has 1 fully saturated rings. The molecule has 2 aromatic rings. The molecular formula is C17H17F2NO5. The Kier molecular flexibility index (Phi) is 4.87. The van der Waals surface area contributed by atoms with E-state index in [-0.39, 0.29) is 28.8 Å². The van der Waals surface area contributed by atoms with Crippen LogP contribution < -0.4 is 9.47 Å². The van der Waals surface area contributed by atoms with Crippen LogP contribution in [0.5, 0.6) is 11.5 Å². The van der Waals surface area contributed by atoms with Crippen LogP contribution in [0.3, 0.4) is 0 Å². The number of carbonyl (C=O) groups is 1. The van der Waals surface area contributed by atoms with Gasteiger partial charge >= 0.3 is 12.6 Å². The number of ether oxygens (including phenoxy) is 2. The predicted octanol–water partition coefficient (Wildman–Crippen LogP) is 3.99. The number of halogens is 2. The Morgan fingerprint density at radius 1 is 1.40 bits per heavy atom. The van der Waals surface area contributed by atoms with Crippen molar-refractivity contribution >= 4 is 5.97 Å². The number of aryl methyl sites for hydroxylation is 1. The van der Waals surface area contributed by atoms with Crippen LogP contribution in [0.1, 0.15) is 36.0 Å². The maximum atomic E-state index is 12.6. The lowest BCUT2D eigenvalue weighted by molar-refractivity contribution is -0.0515. The van der Waals surface area contributed by atoms with Gasteiger partial charge in [0, 0.05) is 12.0 Å². The molecule has 1 aliphatic carbocycles. The van der Waals surface area contributed by atoms with Crippen molar-refractivity contribution in [2.75, 3.05) is 6.61 Å². The minimum atomic E-state index is -2.97. The van der Waals surface area contributed by atoms with E-state index in [1.54, 1.807) is 6.92 Å². The summed E-state index contributed by atoms with van der Waals surface area (Å²) >= 11 is 0. The second-order valence-electron chi connectivity index (χ2n) is 5.74. The smallest absolute Gasteiger partial charge is 0.387 e. The van der Waals surface area contributed by atoms with Gasteiger partial charge in [0.15, 0.2) is 17.2 Å². The van der Waals surface area contributed by atoms with Crippen LogP contribution in [0.2, 0.25) is 0 Å². The number of carboxylic acid groups (broad SMARTS) is 1. The van der Waals surface area contributed by atoms with E-state index in [4.69, 9.17) is 14.3 Å². The zero-order valence-corrected chi connectivity index (χ0v) is 13.5. The second kappa shape index (κ2) is 7.08. The first-order valence-electron chi connectivity index (χ1n) is 7.93. The molecular weight excluding hydrogens is 336 g/mol. The molecule has 0 spiro atoms. The first kappa shape index (κ1) is 17.2. The average molecular weight is 353 g/mol. The number of benzene rings is 1. The highest BCUT2D eigenvalue weighted by atomic mass is 19.3. The molecule has 1 aromatic heterocycles. The molecule has 0 saturated heterocycles. The number of hydrogen-bond donors (Lipinski definition) is 1. The third-order valence-corrected chi connectivity index (χ3v) is 3.80. The van der Waals surface area contributed by atoms with E-state index in [1.165, 1.54) is 18.2 Å². The molecule has 0 aliphatic heterocycles. The zero-order valence-electron chi connectivity index (χ0n) is 13.5. The molecule has 134 valence electrons. The molecule has 0 bridgehead atoms. The number of alkyl halides is 2. The normalized spacial score (nSPS) is 13.9. The monoisotopic (exact) mass is 353 g/mol. The van der Waals surface area contributed by atoms with Gasteiger partial charge < -0.3 is 19.0 Å². The number of hydrogen-bond acceptors (Lipinski definition) is 5. The lowest BCUT2D eigenvalue weighted by Crippen LogP contribution is -2.06. The molecule has 0 unspecified atom stereocenters.